The van der Waals surface area contributed by atoms with Crippen LogP contribution in [0.2, 0.25) is 0 Å². The second-order valence-corrected chi connectivity index (χ2v) is 8.71. The van der Waals surface area contributed by atoms with E-state index in [-0.39, 0.29) is 6.03 Å². The van der Waals surface area contributed by atoms with Gasteiger partial charge in [-0.05, 0) is 53.8 Å². The summed E-state index contributed by atoms with van der Waals surface area (Å²) in [6.45, 7) is 6.00. The first-order valence-electron chi connectivity index (χ1n) is 11.3. The maximum Gasteiger partial charge on any atom is 0.324 e. The molecular formula is C27H27F2N3O2. The van der Waals surface area contributed by atoms with Crippen molar-refractivity contribution in [2.45, 2.75) is 32.7 Å². The molecule has 34 heavy (non-hydrogen) atoms. The van der Waals surface area contributed by atoms with E-state index in [2.05, 4.69) is 43.4 Å². The first-order valence-corrected chi connectivity index (χ1v) is 11.3. The summed E-state index contributed by atoms with van der Waals surface area (Å²) in [5.41, 5.74) is 2.63. The van der Waals surface area contributed by atoms with Crippen LogP contribution < -0.4 is 10.2 Å². The molecule has 0 bridgehead atoms. The van der Waals surface area contributed by atoms with Crippen LogP contribution in [0.5, 0.6) is 0 Å². The maximum absolute atomic E-state index is 13.9. The number of hydrogen-bond acceptors (Lipinski definition) is 2. The van der Waals surface area contributed by atoms with E-state index in [0.717, 1.165) is 24.1 Å². The number of benzene rings is 3. The highest BCUT2D eigenvalue weighted by Crippen LogP contribution is 2.25. The van der Waals surface area contributed by atoms with E-state index >= 15 is 0 Å². The third kappa shape index (κ3) is 5.09. The average Bonchev–Trinajstić information content (AvgIpc) is 2.81. The normalized spacial score (nSPS) is 14.0. The molecule has 1 fully saturated rings. The zero-order valence-electron chi connectivity index (χ0n) is 19.2. The number of carbonyl (C=O) groups is 2. The number of nitrogens with zero attached hydrogens (tertiary/aromatic N) is 2. The number of urea groups is 1. The van der Waals surface area contributed by atoms with Crippen LogP contribution in [-0.4, -0.2) is 29.9 Å². The number of nitrogens with one attached hydrogen (secondary N) is 1. The zero-order chi connectivity index (χ0) is 24.2. The lowest BCUT2D eigenvalue weighted by Crippen LogP contribution is -2.49. The summed E-state index contributed by atoms with van der Waals surface area (Å²) in [5.74, 6) is -2.30. The Balaban J connectivity index is 1.48. The third-order valence-electron chi connectivity index (χ3n) is 5.94. The van der Waals surface area contributed by atoms with Gasteiger partial charge in [0.25, 0.3) is 5.91 Å². The maximum atomic E-state index is 13.9. The van der Waals surface area contributed by atoms with Crippen LogP contribution in [0.1, 0.15) is 47.7 Å². The fourth-order valence-corrected chi connectivity index (χ4v) is 4.06. The first kappa shape index (κ1) is 23.4. The molecule has 0 saturated carbocycles. The van der Waals surface area contributed by atoms with Gasteiger partial charge in [0.1, 0.15) is 17.2 Å². The summed E-state index contributed by atoms with van der Waals surface area (Å²) in [5, 5.41) is 2.53. The zero-order valence-corrected chi connectivity index (χ0v) is 19.2. The standard InChI is InChI=1S/C27H27F2N3O2/c1-18(2)20-12-10-19(11-13-20)17-31-14-5-15-32(27(31)34)22-7-3-6-21(16-22)30-26(33)25-23(28)8-4-9-24(25)29/h3-4,6-13,16,18H,5,14-15,17H2,1-2H3,(H,30,33). The van der Waals surface area contributed by atoms with Gasteiger partial charge in [0.05, 0.1) is 0 Å². The molecule has 0 aliphatic carbocycles. The highest BCUT2D eigenvalue weighted by Gasteiger charge is 2.27. The van der Waals surface area contributed by atoms with Gasteiger partial charge < -0.3 is 10.2 Å². The smallest absolute Gasteiger partial charge is 0.322 e. The van der Waals surface area contributed by atoms with E-state index in [1.165, 1.54) is 11.6 Å². The van der Waals surface area contributed by atoms with E-state index in [1.807, 2.05) is 0 Å². The van der Waals surface area contributed by atoms with E-state index in [0.29, 0.717) is 36.9 Å². The fraction of sp³-hybridized carbons (Fsp3) is 0.259. The van der Waals surface area contributed by atoms with Crippen LogP contribution in [0.4, 0.5) is 25.0 Å². The van der Waals surface area contributed by atoms with Gasteiger partial charge in [-0.25, -0.2) is 13.6 Å². The Morgan fingerprint density at radius 3 is 2.32 bits per heavy atom. The van der Waals surface area contributed by atoms with E-state index in [4.69, 9.17) is 0 Å². The SMILES string of the molecule is CC(C)c1ccc(CN2CCCN(c3cccc(NC(=O)c4c(F)cccc4F)c3)C2=O)cc1. The van der Waals surface area contributed by atoms with E-state index in [9.17, 15) is 18.4 Å². The van der Waals surface area contributed by atoms with Crippen LogP contribution in [0.25, 0.3) is 0 Å². The van der Waals surface area contributed by atoms with Gasteiger partial charge in [-0.15, -0.1) is 0 Å². The Bertz CT molecular complexity index is 1170. The van der Waals surface area contributed by atoms with E-state index in [1.54, 1.807) is 34.1 Å². The predicted molar refractivity (Wildman–Crippen MR) is 129 cm³/mol. The monoisotopic (exact) mass is 463 g/mol. The first-order chi connectivity index (χ1) is 16.3. The molecule has 1 saturated heterocycles. The minimum atomic E-state index is -0.933. The molecule has 0 radical (unpaired) electrons. The third-order valence-corrected chi connectivity index (χ3v) is 5.94. The van der Waals surface area contributed by atoms with Crippen LogP contribution in [0, 0.1) is 11.6 Å². The number of rotatable bonds is 6. The molecule has 1 aliphatic rings. The molecule has 1 aliphatic heterocycles. The second kappa shape index (κ2) is 10.0. The summed E-state index contributed by atoms with van der Waals surface area (Å²) in [7, 11) is 0. The number of amides is 3. The topological polar surface area (TPSA) is 52.6 Å². The lowest BCUT2D eigenvalue weighted by Gasteiger charge is -2.36. The molecule has 0 spiro atoms. The van der Waals surface area contributed by atoms with Crippen molar-refractivity contribution < 1.29 is 18.4 Å². The molecule has 0 aromatic heterocycles. The minimum Gasteiger partial charge on any atom is -0.322 e. The number of carbonyl (C=O) groups excluding carboxylic acids is 2. The predicted octanol–water partition coefficient (Wildman–Crippen LogP) is 6.17. The van der Waals surface area contributed by atoms with Gasteiger partial charge in [-0.3, -0.25) is 9.69 Å². The molecule has 7 heteroatoms. The Labute approximate surface area is 198 Å². The molecule has 1 heterocycles. The summed E-state index contributed by atoms with van der Waals surface area (Å²) in [4.78, 5) is 29.1. The van der Waals surface area contributed by atoms with Crippen molar-refractivity contribution in [1.82, 2.24) is 4.90 Å². The van der Waals surface area contributed by atoms with Crippen molar-refractivity contribution in [3.05, 3.63) is 95.1 Å². The molecule has 0 atom stereocenters. The minimum absolute atomic E-state index is 0.122. The van der Waals surface area contributed by atoms with Gasteiger partial charge in [0, 0.05) is 31.0 Å². The highest BCUT2D eigenvalue weighted by molar-refractivity contribution is 6.05. The quantitative estimate of drug-likeness (QED) is 0.475. The van der Waals surface area contributed by atoms with Crippen molar-refractivity contribution >= 4 is 23.3 Å². The van der Waals surface area contributed by atoms with Crippen LogP contribution >= 0.6 is 0 Å². The fourth-order valence-electron chi connectivity index (χ4n) is 4.06. The molecular weight excluding hydrogens is 436 g/mol. The molecule has 4 rings (SSSR count). The largest absolute Gasteiger partial charge is 0.324 e. The van der Waals surface area contributed by atoms with Crippen molar-refractivity contribution in [1.29, 1.82) is 0 Å². The molecule has 5 nitrogen and oxygen atoms in total. The lowest BCUT2D eigenvalue weighted by molar-refractivity contribution is 0.101. The average molecular weight is 464 g/mol. The molecule has 176 valence electrons. The van der Waals surface area contributed by atoms with Gasteiger partial charge in [0.15, 0.2) is 0 Å². The van der Waals surface area contributed by atoms with Gasteiger partial charge in [-0.2, -0.15) is 0 Å². The van der Waals surface area contributed by atoms with Crippen molar-refractivity contribution in [2.24, 2.45) is 0 Å². The molecule has 3 amide bonds. The van der Waals surface area contributed by atoms with E-state index < -0.39 is 23.1 Å². The summed E-state index contributed by atoms with van der Waals surface area (Å²) in [6, 6.07) is 18.2. The van der Waals surface area contributed by atoms with Crippen molar-refractivity contribution in [2.75, 3.05) is 23.3 Å². The van der Waals surface area contributed by atoms with Gasteiger partial charge >= 0.3 is 6.03 Å². The summed E-state index contributed by atoms with van der Waals surface area (Å²) < 4.78 is 27.9. The summed E-state index contributed by atoms with van der Waals surface area (Å²) in [6.07, 6.45) is 0.798. The Morgan fingerprint density at radius 2 is 1.65 bits per heavy atom. The van der Waals surface area contributed by atoms with Crippen LogP contribution in [0.3, 0.4) is 0 Å². The van der Waals surface area contributed by atoms with Crippen molar-refractivity contribution in [3.8, 4) is 0 Å². The highest BCUT2D eigenvalue weighted by atomic mass is 19.1. The van der Waals surface area contributed by atoms with Crippen LogP contribution in [-0.2, 0) is 6.54 Å². The van der Waals surface area contributed by atoms with Crippen LogP contribution in [0.15, 0.2) is 66.7 Å². The molecule has 3 aromatic carbocycles. The molecule has 1 N–H and O–H groups in total. The Hall–Kier alpha value is -3.74. The lowest BCUT2D eigenvalue weighted by atomic mass is 10.0. The second-order valence-electron chi connectivity index (χ2n) is 8.71. The Morgan fingerprint density at radius 1 is 0.971 bits per heavy atom. The molecule has 0 unspecified atom stereocenters. The molecule has 3 aromatic rings. The number of hydrogen-bond donors (Lipinski definition) is 1. The van der Waals surface area contributed by atoms with Gasteiger partial charge in [-0.1, -0.05) is 50.2 Å². The number of halogens is 2. The Kier molecular flexibility index (Phi) is 6.91. The summed E-state index contributed by atoms with van der Waals surface area (Å²) >= 11 is 0. The van der Waals surface area contributed by atoms with Crippen molar-refractivity contribution in [3.63, 3.8) is 0 Å². The van der Waals surface area contributed by atoms with Gasteiger partial charge in [0.2, 0.25) is 0 Å². The number of anilines is 2.